The van der Waals surface area contributed by atoms with Crippen LogP contribution < -0.4 is 10.6 Å². The zero-order chi connectivity index (χ0) is 24.9. The number of phenols is 1. The van der Waals surface area contributed by atoms with Crippen LogP contribution in [-0.2, 0) is 14.3 Å². The molecule has 0 aromatic heterocycles. The van der Waals surface area contributed by atoms with Crippen molar-refractivity contribution in [3.05, 3.63) is 29.3 Å². The molecule has 3 amide bonds. The van der Waals surface area contributed by atoms with Gasteiger partial charge >= 0.3 is 6.09 Å². The first-order chi connectivity index (χ1) is 14.6. The third-order valence-corrected chi connectivity index (χ3v) is 4.45. The molecule has 0 saturated heterocycles. The third kappa shape index (κ3) is 8.00. The van der Waals surface area contributed by atoms with Crippen molar-refractivity contribution in [1.29, 1.82) is 0 Å². The second-order valence-electron chi connectivity index (χ2n) is 9.41. The van der Waals surface area contributed by atoms with E-state index in [-0.39, 0.29) is 11.5 Å². The maximum atomic E-state index is 13.3. The number of rotatable bonds is 6. The van der Waals surface area contributed by atoms with Gasteiger partial charge in [0.15, 0.2) is 0 Å². The topological polar surface area (TPSA) is 108 Å². The quantitative estimate of drug-likeness (QED) is 0.295. The lowest BCUT2D eigenvalue weighted by Gasteiger charge is -2.32. The lowest BCUT2D eigenvalue weighted by molar-refractivity contribution is -0.138. The van der Waals surface area contributed by atoms with Gasteiger partial charge in [0.2, 0.25) is 5.91 Å². The number of nitrogens with one attached hydrogen (secondary N) is 2. The number of ether oxygens (including phenoxy) is 1. The van der Waals surface area contributed by atoms with E-state index in [4.69, 9.17) is 11.2 Å². The van der Waals surface area contributed by atoms with Crippen molar-refractivity contribution in [3.63, 3.8) is 0 Å². The van der Waals surface area contributed by atoms with Crippen molar-refractivity contribution in [2.24, 2.45) is 0 Å². The van der Waals surface area contributed by atoms with Gasteiger partial charge in [-0.05, 0) is 71.7 Å². The lowest BCUT2D eigenvalue weighted by Crippen LogP contribution is -2.53. The molecular weight excluding hydrogens is 430 g/mol. The second kappa shape index (κ2) is 10.6. The Bertz CT molecular complexity index is 896. The van der Waals surface area contributed by atoms with Gasteiger partial charge in [-0.25, -0.2) is 4.79 Å². The first-order valence-corrected chi connectivity index (χ1v) is 10.7. The maximum absolute atomic E-state index is 13.3. The van der Waals surface area contributed by atoms with Gasteiger partial charge < -0.3 is 20.5 Å². The molecule has 0 aliphatic carbocycles. The molecule has 9 heteroatoms. The molecule has 3 N–H and O–H groups in total. The fourth-order valence-corrected chi connectivity index (χ4v) is 3.02. The number of phenolic OH excluding ortho intramolecular Hbond substituents is 1. The van der Waals surface area contributed by atoms with Crippen LogP contribution >= 0.6 is 12.6 Å². The van der Waals surface area contributed by atoms with Crippen molar-refractivity contribution in [3.8, 4) is 18.2 Å². The van der Waals surface area contributed by atoms with E-state index in [2.05, 4.69) is 29.3 Å². The number of hydrogen-bond acceptors (Lipinski definition) is 6. The monoisotopic (exact) mass is 463 g/mol. The van der Waals surface area contributed by atoms with Gasteiger partial charge in [-0.2, -0.15) is 12.6 Å². The van der Waals surface area contributed by atoms with E-state index < -0.39 is 41.1 Å². The van der Waals surface area contributed by atoms with Gasteiger partial charge in [0.05, 0.1) is 0 Å². The molecule has 8 nitrogen and oxygen atoms in total. The van der Waals surface area contributed by atoms with E-state index in [1.165, 1.54) is 12.1 Å². The van der Waals surface area contributed by atoms with Gasteiger partial charge in [0.25, 0.3) is 5.91 Å². The highest BCUT2D eigenvalue weighted by Crippen LogP contribution is 2.27. The van der Waals surface area contributed by atoms with Crippen molar-refractivity contribution in [2.45, 2.75) is 71.7 Å². The molecule has 0 radical (unpaired) electrons. The Kier molecular flexibility index (Phi) is 9.03. The number of aromatic hydroxyl groups is 1. The molecule has 1 aromatic rings. The molecule has 0 fully saturated rings. The van der Waals surface area contributed by atoms with E-state index in [0.717, 1.165) is 4.90 Å². The Morgan fingerprint density at radius 3 is 2.25 bits per heavy atom. The number of aryl methyl sites for hydroxylation is 1. The summed E-state index contributed by atoms with van der Waals surface area (Å²) in [5.41, 5.74) is -0.442. The fourth-order valence-electron chi connectivity index (χ4n) is 2.77. The summed E-state index contributed by atoms with van der Waals surface area (Å²) >= 11 is 4.16. The SMILES string of the molecule is C#CN(C(=O)C(CS)NC(=O)OC(C)(C)C)C(C(=O)NC(C)(C)C)c1ccc(O)c(C)c1. The highest BCUT2D eigenvalue weighted by molar-refractivity contribution is 7.80. The summed E-state index contributed by atoms with van der Waals surface area (Å²) in [6, 6.07) is 4.46. The number of alkyl carbamates (subject to hydrolysis) is 1. The van der Waals surface area contributed by atoms with E-state index in [0.29, 0.717) is 11.1 Å². The molecule has 0 aliphatic rings. The predicted molar refractivity (Wildman–Crippen MR) is 126 cm³/mol. The Morgan fingerprint density at radius 1 is 1.22 bits per heavy atom. The second-order valence-corrected chi connectivity index (χ2v) is 9.77. The van der Waals surface area contributed by atoms with Crippen molar-refractivity contribution < 1.29 is 24.2 Å². The zero-order valence-corrected chi connectivity index (χ0v) is 20.5. The van der Waals surface area contributed by atoms with Crippen LogP contribution in [0.25, 0.3) is 0 Å². The number of terminal acetylenes is 1. The Labute approximate surface area is 195 Å². The summed E-state index contributed by atoms with van der Waals surface area (Å²) in [6.07, 6.45) is 4.86. The molecular formula is C23H33N3O5S. The normalized spacial score (nSPS) is 13.3. The van der Waals surface area contributed by atoms with E-state index in [1.807, 2.05) is 0 Å². The van der Waals surface area contributed by atoms with Crippen LogP contribution in [0.1, 0.15) is 58.7 Å². The highest BCUT2D eigenvalue weighted by Gasteiger charge is 2.36. The minimum Gasteiger partial charge on any atom is -0.508 e. The third-order valence-electron chi connectivity index (χ3n) is 4.09. The summed E-state index contributed by atoms with van der Waals surface area (Å²) in [7, 11) is 0. The summed E-state index contributed by atoms with van der Waals surface area (Å²) in [4.78, 5) is 39.6. The predicted octanol–water partition coefficient (Wildman–Crippen LogP) is 2.90. The summed E-state index contributed by atoms with van der Waals surface area (Å²) in [5.74, 6) is -1.24. The molecule has 0 saturated carbocycles. The summed E-state index contributed by atoms with van der Waals surface area (Å²) in [6.45, 7) is 12.1. The zero-order valence-electron chi connectivity index (χ0n) is 19.6. The van der Waals surface area contributed by atoms with E-state index in [1.54, 1.807) is 54.5 Å². The van der Waals surface area contributed by atoms with Gasteiger partial charge in [0.1, 0.15) is 23.4 Å². The molecule has 2 atom stereocenters. The molecule has 32 heavy (non-hydrogen) atoms. The number of benzene rings is 1. The maximum Gasteiger partial charge on any atom is 0.408 e. The van der Waals surface area contributed by atoms with E-state index in [9.17, 15) is 19.5 Å². The Hall–Kier alpha value is -2.86. The molecule has 0 bridgehead atoms. The smallest absolute Gasteiger partial charge is 0.408 e. The minimum atomic E-state index is -1.20. The number of amides is 3. The number of nitrogens with zero attached hydrogens (tertiary/aromatic N) is 1. The van der Waals surface area contributed by atoms with Crippen LogP contribution in [0.2, 0.25) is 0 Å². The Morgan fingerprint density at radius 2 is 1.81 bits per heavy atom. The van der Waals surface area contributed by atoms with Gasteiger partial charge in [-0.1, -0.05) is 12.5 Å². The van der Waals surface area contributed by atoms with Gasteiger partial charge in [-0.15, -0.1) is 0 Å². The van der Waals surface area contributed by atoms with Crippen molar-refractivity contribution >= 4 is 30.5 Å². The standard InChI is InChI=1S/C23H33N3O5S/c1-9-26(20(29)16(13-32)24-21(30)31-23(6,7)8)18(19(28)25-22(3,4)5)15-10-11-17(27)14(2)12-15/h1,10-12,16,18,27,32H,13H2,2-8H3,(H,24,30)(H,25,28). The number of thiol groups is 1. The molecule has 0 spiro atoms. The van der Waals surface area contributed by atoms with Crippen LogP contribution in [0.3, 0.4) is 0 Å². The number of carbonyl (C=O) groups excluding carboxylic acids is 3. The molecule has 2 unspecified atom stereocenters. The van der Waals surface area contributed by atoms with Crippen LogP contribution in [-0.4, -0.2) is 50.8 Å². The first kappa shape index (κ1) is 27.2. The van der Waals surface area contributed by atoms with Crippen LogP contribution in [0.5, 0.6) is 5.75 Å². The molecule has 0 heterocycles. The largest absolute Gasteiger partial charge is 0.508 e. The van der Waals surface area contributed by atoms with Gasteiger partial charge in [-0.3, -0.25) is 14.5 Å². The molecule has 176 valence electrons. The van der Waals surface area contributed by atoms with Crippen molar-refractivity contribution in [1.82, 2.24) is 15.5 Å². The fraction of sp³-hybridized carbons (Fsp3) is 0.522. The van der Waals surface area contributed by atoms with E-state index >= 15 is 0 Å². The average molecular weight is 464 g/mol. The minimum absolute atomic E-state index is 0.0436. The van der Waals surface area contributed by atoms with Crippen LogP contribution in [0.15, 0.2) is 18.2 Å². The first-order valence-electron chi connectivity index (χ1n) is 10.1. The lowest BCUT2D eigenvalue weighted by atomic mass is 9.99. The number of carbonyl (C=O) groups is 3. The number of hydrogen-bond donors (Lipinski definition) is 4. The summed E-state index contributed by atoms with van der Waals surface area (Å²) < 4.78 is 5.21. The highest BCUT2D eigenvalue weighted by atomic mass is 32.1. The van der Waals surface area contributed by atoms with Gasteiger partial charge in [0, 0.05) is 17.3 Å². The molecule has 0 aliphatic heterocycles. The Balaban J connectivity index is 3.36. The van der Waals surface area contributed by atoms with Crippen molar-refractivity contribution in [2.75, 3.05) is 5.75 Å². The van der Waals surface area contributed by atoms with Crippen LogP contribution in [0, 0.1) is 19.4 Å². The van der Waals surface area contributed by atoms with Crippen LogP contribution in [0.4, 0.5) is 4.79 Å². The molecule has 1 aromatic carbocycles. The summed E-state index contributed by atoms with van der Waals surface area (Å²) in [5, 5.41) is 15.2. The average Bonchev–Trinajstić information content (AvgIpc) is 2.63. The molecule has 1 rings (SSSR count).